The van der Waals surface area contributed by atoms with E-state index in [2.05, 4.69) is 105 Å². The van der Waals surface area contributed by atoms with Crippen LogP contribution in [0.5, 0.6) is 34.5 Å². The van der Waals surface area contributed by atoms with Crippen LogP contribution in [0.15, 0.2) is 119 Å². The fraction of sp³-hybridized carbons (Fsp3) is 0.385. The summed E-state index contributed by atoms with van der Waals surface area (Å²) in [5.74, 6) is 1.16. The molecule has 1 heterocycles. The summed E-state index contributed by atoms with van der Waals surface area (Å²) in [7, 11) is -10.7. The molecule has 1 aliphatic rings. The Morgan fingerprint density at radius 1 is 0.465 bits per heavy atom. The van der Waals surface area contributed by atoms with Crippen LogP contribution >= 0.6 is 7.81 Å². The van der Waals surface area contributed by atoms with Crippen LogP contribution in [0.4, 0.5) is 25.2 Å². The molecule has 0 saturated heterocycles. The number of halogens is 6. The second-order valence-corrected chi connectivity index (χ2v) is 20.0. The van der Waals surface area contributed by atoms with Crippen molar-refractivity contribution >= 4 is 20.2 Å². The van der Waals surface area contributed by atoms with Gasteiger partial charge in [0.15, 0.2) is 11.5 Å². The van der Waals surface area contributed by atoms with Crippen LogP contribution in [-0.4, -0.2) is 78.4 Å². The first-order chi connectivity index (χ1) is 32.8. The first-order valence-electron chi connectivity index (χ1n) is 22.8. The SMILES string of the molecule is CC(C)(C)c1ccc(C[NH2+]Cc2ccc(C(C)(C)C)cc2)cc1.F[P-](F)(F)(F)(F)F.[Ni+2].[O-]c1c2cccc1OCCOCCOc1ccccc1OCCOCCOc1cccc(c1[O-])C=NCCN=C2. The summed E-state index contributed by atoms with van der Waals surface area (Å²) in [5.41, 5.74) is 6.89. The Morgan fingerprint density at radius 2 is 0.775 bits per heavy atom. The smallest absolute Gasteiger partial charge is 0.870 e. The van der Waals surface area contributed by atoms with E-state index >= 15 is 0 Å². The third-order valence-corrected chi connectivity index (χ3v) is 10.0. The number of fused-ring (bicyclic) bond motifs is 5. The fourth-order valence-electron chi connectivity index (χ4n) is 6.36. The molecule has 0 atom stereocenters. The molecule has 1 aliphatic heterocycles. The van der Waals surface area contributed by atoms with Gasteiger partial charge in [-0.1, -0.05) is 138 Å². The molecule has 0 amide bonds. The molecule has 0 saturated carbocycles. The fourth-order valence-corrected chi connectivity index (χ4v) is 6.36. The number of nitrogens with zero attached hydrogens (tertiary/aromatic N) is 2. The van der Waals surface area contributed by atoms with E-state index in [1.807, 2.05) is 24.3 Å². The number of hydrogen-bond donors (Lipinski definition) is 1. The van der Waals surface area contributed by atoms with Gasteiger partial charge in [-0.05, 0) is 57.3 Å². The molecular formula is C52H64F6N3NiO8P. The Kier molecular flexibility index (Phi) is 22.7. The molecule has 0 spiro atoms. The van der Waals surface area contributed by atoms with Gasteiger partial charge in [-0.2, -0.15) is 0 Å². The monoisotopic (exact) mass is 1060 g/mol. The molecule has 19 heteroatoms. The topological polar surface area (TPSA) is 143 Å². The molecule has 5 aromatic carbocycles. The Hall–Kier alpha value is -5.38. The standard InChI is InChI=1S/C30H34N2O8.C22H31N.F6P.Ni/c33-29-23-5-3-9-27(29)39-19-15-35-13-17-37-25-7-1-2-8-26(25)38-18-14-36-16-20-40-28-10-4-6-24(30(28)34)22-32-12-11-31-21-23;1-21(2,3)19-11-7-17(8-12-19)15-23-16-18-9-13-20(14-10-18)22(4,5)6;1-7(2,3,4,5)6;/h1-10,21-22,33-34H,11-20H2;7-14,23H,15-16H2,1-6H3;;/q;;-1;+2/p-1. The van der Waals surface area contributed by atoms with Crippen molar-refractivity contribution < 1.29 is 85.6 Å². The number of rotatable bonds is 4. The van der Waals surface area contributed by atoms with E-state index in [4.69, 9.17) is 28.4 Å². The number of quaternary nitrogens is 1. The van der Waals surface area contributed by atoms with Gasteiger partial charge in [-0.15, -0.1) is 0 Å². The Labute approximate surface area is 422 Å². The summed E-state index contributed by atoms with van der Waals surface area (Å²) < 4.78 is 93.2. The van der Waals surface area contributed by atoms with E-state index in [0.717, 1.165) is 13.1 Å². The van der Waals surface area contributed by atoms with Crippen molar-refractivity contribution in [3.05, 3.63) is 143 Å². The van der Waals surface area contributed by atoms with Crippen molar-refractivity contribution in [2.24, 2.45) is 9.98 Å². The maximum absolute atomic E-state index is 12.7. The zero-order valence-corrected chi connectivity index (χ0v) is 42.7. The van der Waals surface area contributed by atoms with E-state index in [1.54, 1.807) is 36.4 Å². The Balaban J connectivity index is 0.000000362. The predicted molar refractivity (Wildman–Crippen MR) is 260 cm³/mol. The molecule has 2 N–H and O–H groups in total. The summed E-state index contributed by atoms with van der Waals surface area (Å²) in [6.45, 7) is 18.7. The summed E-state index contributed by atoms with van der Waals surface area (Å²) >= 11 is 0. The van der Waals surface area contributed by atoms with Crippen molar-refractivity contribution in [3.63, 3.8) is 0 Å². The van der Waals surface area contributed by atoms with Crippen LogP contribution in [0.25, 0.3) is 0 Å². The zero-order valence-electron chi connectivity index (χ0n) is 40.8. The molecule has 0 fully saturated rings. The molecule has 71 heavy (non-hydrogen) atoms. The first-order valence-corrected chi connectivity index (χ1v) is 24.8. The molecular weight excluding hydrogens is 998 g/mol. The average molecular weight is 1060 g/mol. The quantitative estimate of drug-likeness (QED) is 0.107. The Morgan fingerprint density at radius 3 is 1.10 bits per heavy atom. The Bertz CT molecular complexity index is 2270. The van der Waals surface area contributed by atoms with Crippen LogP contribution in [0, 0.1) is 0 Å². The number of aliphatic imine (C=N–C) groups is 2. The van der Waals surface area contributed by atoms with E-state index < -0.39 is 7.81 Å². The summed E-state index contributed by atoms with van der Waals surface area (Å²) in [5, 5.41) is 27.7. The van der Waals surface area contributed by atoms with Gasteiger partial charge in [0.1, 0.15) is 51.0 Å². The maximum atomic E-state index is 12.7. The molecule has 5 aromatic rings. The van der Waals surface area contributed by atoms with Crippen molar-refractivity contribution in [2.45, 2.75) is 65.5 Å². The average Bonchev–Trinajstić information content (AvgIpc) is 3.28. The zero-order chi connectivity index (χ0) is 51.3. The van der Waals surface area contributed by atoms with E-state index in [1.165, 1.54) is 34.7 Å². The minimum Gasteiger partial charge on any atom is -0.870 e. The summed E-state index contributed by atoms with van der Waals surface area (Å²) in [4.78, 5) is 8.56. The summed E-state index contributed by atoms with van der Waals surface area (Å²) in [6.07, 6.45) is 3.01. The third kappa shape index (κ3) is 25.0. The van der Waals surface area contributed by atoms with Crippen molar-refractivity contribution in [3.8, 4) is 34.5 Å². The van der Waals surface area contributed by atoms with Crippen LogP contribution in [0.3, 0.4) is 0 Å². The van der Waals surface area contributed by atoms with Gasteiger partial charge in [-0.25, -0.2) is 0 Å². The summed E-state index contributed by atoms with van der Waals surface area (Å²) in [6, 6.07) is 35.5. The normalized spacial score (nSPS) is 15.4. The number of nitrogens with two attached hydrogens (primary N) is 1. The minimum absolute atomic E-state index is 0. The van der Waals surface area contributed by atoms with Gasteiger partial charge in [0.2, 0.25) is 0 Å². The molecule has 0 unspecified atom stereocenters. The van der Waals surface area contributed by atoms with E-state index in [9.17, 15) is 35.4 Å². The van der Waals surface area contributed by atoms with Crippen LogP contribution < -0.4 is 34.5 Å². The number of para-hydroxylation sites is 4. The van der Waals surface area contributed by atoms with Crippen LogP contribution in [0.1, 0.15) is 74.9 Å². The molecule has 392 valence electrons. The molecule has 4 bridgehead atoms. The molecule has 0 radical (unpaired) electrons. The predicted octanol–water partition coefficient (Wildman–Crippen LogP) is 10.6. The number of ether oxygens (including phenoxy) is 6. The van der Waals surface area contributed by atoms with Gasteiger partial charge in [-0.3, -0.25) is 9.98 Å². The van der Waals surface area contributed by atoms with Gasteiger partial charge in [0.25, 0.3) is 0 Å². The molecule has 6 rings (SSSR count). The van der Waals surface area contributed by atoms with Crippen molar-refractivity contribution in [2.75, 3.05) is 65.9 Å². The maximum Gasteiger partial charge on any atom is 2.00 e. The second-order valence-electron chi connectivity index (χ2n) is 18.0. The van der Waals surface area contributed by atoms with E-state index in [0.29, 0.717) is 75.4 Å². The van der Waals surface area contributed by atoms with Gasteiger partial charge in [0.05, 0.1) is 39.5 Å². The van der Waals surface area contributed by atoms with Crippen molar-refractivity contribution in [1.82, 2.24) is 0 Å². The number of hydrogen-bond acceptors (Lipinski definition) is 10. The first kappa shape index (κ1) is 59.9. The van der Waals surface area contributed by atoms with Gasteiger partial charge in [0, 0.05) is 23.6 Å². The van der Waals surface area contributed by atoms with Crippen LogP contribution in [0.2, 0.25) is 0 Å². The van der Waals surface area contributed by atoms with Gasteiger partial charge >= 0.3 is 49.5 Å². The second kappa shape index (κ2) is 26.9. The van der Waals surface area contributed by atoms with Crippen LogP contribution in [-0.2, 0) is 49.9 Å². The van der Waals surface area contributed by atoms with Gasteiger partial charge < -0.3 is 44.0 Å². The number of benzene rings is 5. The van der Waals surface area contributed by atoms with E-state index in [-0.39, 0.29) is 63.5 Å². The minimum atomic E-state index is -10.7. The largest absolute Gasteiger partial charge is 2.00 e. The molecule has 0 aromatic heterocycles. The molecule has 0 aliphatic carbocycles. The third-order valence-electron chi connectivity index (χ3n) is 10.0. The molecule has 11 nitrogen and oxygen atoms in total. The van der Waals surface area contributed by atoms with Crippen molar-refractivity contribution in [1.29, 1.82) is 0 Å².